The Morgan fingerprint density at radius 1 is 1.14 bits per heavy atom. The fraction of sp³-hybridized carbons (Fsp3) is 0.200. The summed E-state index contributed by atoms with van der Waals surface area (Å²) in [5.74, 6) is -0.0304. The quantitative estimate of drug-likeness (QED) is 0.713. The molecule has 1 aromatic carbocycles. The molecule has 3 heterocycles. The Morgan fingerprint density at radius 2 is 2.00 bits per heavy atom. The van der Waals surface area contributed by atoms with Crippen molar-refractivity contribution in [1.82, 2.24) is 24.9 Å². The van der Waals surface area contributed by atoms with Gasteiger partial charge in [0.15, 0.2) is 0 Å². The van der Waals surface area contributed by atoms with Crippen LogP contribution < -0.4 is 0 Å². The van der Waals surface area contributed by atoms with Crippen molar-refractivity contribution >= 4 is 16.8 Å². The van der Waals surface area contributed by atoms with Crippen LogP contribution in [0, 0.1) is 0 Å². The summed E-state index contributed by atoms with van der Waals surface area (Å²) in [6.45, 7) is 1.30. The van der Waals surface area contributed by atoms with E-state index in [1.54, 1.807) is 21.8 Å². The van der Waals surface area contributed by atoms with E-state index in [-0.39, 0.29) is 11.9 Å². The smallest absolute Gasteiger partial charge is 0.272 e. The molecule has 0 radical (unpaired) electrons. The number of pyridine rings is 1. The molecule has 104 valence electrons. The van der Waals surface area contributed by atoms with Crippen LogP contribution in [0.1, 0.15) is 16.5 Å². The van der Waals surface area contributed by atoms with Crippen LogP contribution in [0.3, 0.4) is 0 Å². The first-order valence-corrected chi connectivity index (χ1v) is 6.82. The van der Waals surface area contributed by atoms with Crippen molar-refractivity contribution in [1.29, 1.82) is 0 Å². The summed E-state index contributed by atoms with van der Waals surface area (Å²) in [5, 5.41) is 8.78. The average Bonchev–Trinajstić information content (AvgIpc) is 2.99. The fourth-order valence-electron chi connectivity index (χ4n) is 2.55. The van der Waals surface area contributed by atoms with Gasteiger partial charge in [-0.25, -0.2) is 9.67 Å². The lowest BCUT2D eigenvalue weighted by molar-refractivity contribution is 0.0493. The summed E-state index contributed by atoms with van der Waals surface area (Å²) in [4.78, 5) is 18.6. The van der Waals surface area contributed by atoms with Crippen molar-refractivity contribution in [3.05, 3.63) is 54.5 Å². The van der Waals surface area contributed by atoms with E-state index in [1.165, 1.54) is 0 Å². The number of rotatable bonds is 2. The third-order valence-electron chi connectivity index (χ3n) is 3.78. The minimum absolute atomic E-state index is 0.0304. The second-order valence-corrected chi connectivity index (χ2v) is 5.14. The Bertz CT molecular complexity index is 793. The Balaban J connectivity index is 1.52. The topological polar surface area (TPSA) is 63.9 Å². The molecule has 0 saturated carbocycles. The lowest BCUT2D eigenvalue weighted by atomic mass is 10.1. The molecule has 4 rings (SSSR count). The first-order chi connectivity index (χ1) is 10.3. The molecule has 1 saturated heterocycles. The Kier molecular flexibility index (Phi) is 2.67. The number of nitrogens with zero attached hydrogens (tertiary/aromatic N) is 5. The molecule has 0 N–H and O–H groups in total. The highest BCUT2D eigenvalue weighted by molar-refractivity contribution is 5.95. The van der Waals surface area contributed by atoms with Crippen molar-refractivity contribution in [3.8, 4) is 0 Å². The molecular formula is C15H13N5O. The Labute approximate surface area is 121 Å². The van der Waals surface area contributed by atoms with Crippen LogP contribution in [0.5, 0.6) is 0 Å². The maximum Gasteiger partial charge on any atom is 0.272 e. The largest absolute Gasteiger partial charge is 0.333 e. The van der Waals surface area contributed by atoms with E-state index in [2.05, 4.69) is 15.3 Å². The van der Waals surface area contributed by atoms with Gasteiger partial charge in [-0.3, -0.25) is 4.79 Å². The summed E-state index contributed by atoms with van der Waals surface area (Å²) < 4.78 is 1.79. The standard InChI is InChI=1S/C15H13N5O/c21-15(19-9-12(10-19)20-8-7-16-18-20)14-6-5-11-3-1-2-4-13(11)17-14/h1-8,12H,9-10H2. The lowest BCUT2D eigenvalue weighted by Crippen LogP contribution is -2.51. The van der Waals surface area contributed by atoms with Gasteiger partial charge in [0, 0.05) is 24.7 Å². The second-order valence-electron chi connectivity index (χ2n) is 5.14. The van der Waals surface area contributed by atoms with Crippen LogP contribution in [0.2, 0.25) is 0 Å². The number of likely N-dealkylation sites (tertiary alicyclic amines) is 1. The molecule has 3 aromatic rings. The number of fused-ring (bicyclic) bond motifs is 1. The van der Waals surface area contributed by atoms with Gasteiger partial charge in [0.1, 0.15) is 5.69 Å². The highest BCUT2D eigenvalue weighted by Crippen LogP contribution is 2.22. The minimum Gasteiger partial charge on any atom is -0.333 e. The summed E-state index contributed by atoms with van der Waals surface area (Å²) in [5.41, 5.74) is 1.34. The number of amides is 1. The van der Waals surface area contributed by atoms with Crippen LogP contribution in [0.15, 0.2) is 48.8 Å². The molecule has 0 aliphatic carbocycles. The first-order valence-electron chi connectivity index (χ1n) is 6.82. The highest BCUT2D eigenvalue weighted by atomic mass is 16.2. The van der Waals surface area contributed by atoms with E-state index in [0.29, 0.717) is 18.8 Å². The number of para-hydroxylation sites is 1. The molecule has 2 aromatic heterocycles. The Hall–Kier alpha value is -2.76. The molecule has 1 aliphatic rings. The molecule has 0 atom stereocenters. The third-order valence-corrected chi connectivity index (χ3v) is 3.78. The van der Waals surface area contributed by atoms with E-state index in [1.807, 2.05) is 36.5 Å². The zero-order chi connectivity index (χ0) is 14.2. The van der Waals surface area contributed by atoms with Gasteiger partial charge in [0.2, 0.25) is 0 Å². The predicted molar refractivity (Wildman–Crippen MR) is 76.7 cm³/mol. The van der Waals surface area contributed by atoms with Gasteiger partial charge < -0.3 is 4.90 Å². The van der Waals surface area contributed by atoms with Gasteiger partial charge in [-0.15, -0.1) is 5.10 Å². The third kappa shape index (κ3) is 2.05. The van der Waals surface area contributed by atoms with E-state index in [4.69, 9.17) is 0 Å². The molecule has 6 heteroatoms. The summed E-state index contributed by atoms with van der Waals surface area (Å²) in [7, 11) is 0. The van der Waals surface area contributed by atoms with Gasteiger partial charge in [-0.05, 0) is 12.1 Å². The highest BCUT2D eigenvalue weighted by Gasteiger charge is 2.33. The molecule has 0 unspecified atom stereocenters. The normalized spacial score (nSPS) is 15.1. The van der Waals surface area contributed by atoms with Gasteiger partial charge in [0.25, 0.3) is 5.91 Å². The summed E-state index contributed by atoms with van der Waals surface area (Å²) in [6, 6.07) is 11.7. The molecule has 6 nitrogen and oxygen atoms in total. The van der Waals surface area contributed by atoms with Crippen molar-refractivity contribution < 1.29 is 4.79 Å². The number of aromatic nitrogens is 4. The number of hydrogen-bond acceptors (Lipinski definition) is 4. The van der Waals surface area contributed by atoms with Crippen molar-refractivity contribution in [2.45, 2.75) is 6.04 Å². The predicted octanol–water partition coefficient (Wildman–Crippen LogP) is 1.52. The zero-order valence-corrected chi connectivity index (χ0v) is 11.3. The lowest BCUT2D eigenvalue weighted by Gasteiger charge is -2.38. The van der Waals surface area contributed by atoms with Gasteiger partial charge in [-0.1, -0.05) is 29.5 Å². The zero-order valence-electron chi connectivity index (χ0n) is 11.3. The van der Waals surface area contributed by atoms with Crippen LogP contribution in [-0.2, 0) is 0 Å². The molecule has 0 bridgehead atoms. The van der Waals surface area contributed by atoms with Crippen LogP contribution >= 0.6 is 0 Å². The van der Waals surface area contributed by atoms with E-state index < -0.39 is 0 Å². The van der Waals surface area contributed by atoms with Gasteiger partial charge >= 0.3 is 0 Å². The first kappa shape index (κ1) is 12.0. The van der Waals surface area contributed by atoms with Crippen molar-refractivity contribution in [2.24, 2.45) is 0 Å². The second kappa shape index (κ2) is 4.66. The molecular weight excluding hydrogens is 266 g/mol. The summed E-state index contributed by atoms with van der Waals surface area (Å²) in [6.07, 6.45) is 3.47. The SMILES string of the molecule is O=C(c1ccc2ccccc2n1)N1CC(n2ccnn2)C1. The van der Waals surface area contributed by atoms with Crippen molar-refractivity contribution in [3.63, 3.8) is 0 Å². The minimum atomic E-state index is -0.0304. The van der Waals surface area contributed by atoms with Crippen molar-refractivity contribution in [2.75, 3.05) is 13.1 Å². The fourth-order valence-corrected chi connectivity index (χ4v) is 2.55. The Morgan fingerprint density at radius 3 is 2.81 bits per heavy atom. The molecule has 1 amide bonds. The van der Waals surface area contributed by atoms with Crippen LogP contribution in [0.4, 0.5) is 0 Å². The van der Waals surface area contributed by atoms with E-state index >= 15 is 0 Å². The maximum absolute atomic E-state index is 12.4. The monoisotopic (exact) mass is 279 g/mol. The molecule has 21 heavy (non-hydrogen) atoms. The van der Waals surface area contributed by atoms with E-state index in [0.717, 1.165) is 10.9 Å². The molecule has 1 fully saturated rings. The van der Waals surface area contributed by atoms with Gasteiger partial charge in [-0.2, -0.15) is 0 Å². The van der Waals surface area contributed by atoms with Gasteiger partial charge in [0.05, 0.1) is 17.8 Å². The number of carbonyl (C=O) groups is 1. The average molecular weight is 279 g/mol. The molecule has 0 spiro atoms. The summed E-state index contributed by atoms with van der Waals surface area (Å²) >= 11 is 0. The van der Waals surface area contributed by atoms with Crippen LogP contribution in [-0.4, -0.2) is 43.9 Å². The number of carbonyl (C=O) groups excluding carboxylic acids is 1. The molecule has 1 aliphatic heterocycles. The maximum atomic E-state index is 12.4. The van der Waals surface area contributed by atoms with E-state index in [9.17, 15) is 4.79 Å². The van der Waals surface area contributed by atoms with Crippen LogP contribution in [0.25, 0.3) is 10.9 Å². The number of benzene rings is 1. The number of hydrogen-bond donors (Lipinski definition) is 0.